The van der Waals surface area contributed by atoms with Crippen LogP contribution in [0.15, 0.2) is 16.9 Å². The Hall–Kier alpha value is -1.85. The van der Waals surface area contributed by atoms with Crippen molar-refractivity contribution in [3.63, 3.8) is 0 Å². The molecular weight excluding hydrogens is 164 g/mol. The molecule has 2 heterocycles. The molecule has 0 radical (unpaired) electrons. The van der Waals surface area contributed by atoms with E-state index in [4.69, 9.17) is 18.7 Å². The van der Waals surface area contributed by atoms with Crippen LogP contribution < -0.4 is 20.9 Å². The van der Waals surface area contributed by atoms with Gasteiger partial charge < -0.3 is 25.4 Å². The fourth-order valence-corrected chi connectivity index (χ4v) is 0.641. The van der Waals surface area contributed by atoms with Crippen LogP contribution in [0.5, 0.6) is 11.5 Å². The van der Waals surface area contributed by atoms with Crippen molar-refractivity contribution in [2.24, 2.45) is 11.5 Å². The van der Waals surface area contributed by atoms with Crippen LogP contribution in [0.2, 0.25) is 0 Å². The number of carbonyl (C=O) groups is 1. The van der Waals surface area contributed by atoms with E-state index in [1.807, 2.05) is 0 Å². The normalized spacial score (nSPS) is 11.7. The molecule has 2 rings (SSSR count). The SMILES string of the molecule is NC(N)=O.c1occ2c1OCO2. The summed E-state index contributed by atoms with van der Waals surface area (Å²) in [6, 6.07) is -0.833. The van der Waals surface area contributed by atoms with Gasteiger partial charge in [-0.2, -0.15) is 0 Å². The van der Waals surface area contributed by atoms with Crippen molar-refractivity contribution in [1.82, 2.24) is 0 Å². The number of hydrogen-bond acceptors (Lipinski definition) is 4. The van der Waals surface area contributed by atoms with E-state index in [0.29, 0.717) is 18.3 Å². The van der Waals surface area contributed by atoms with Crippen LogP contribution in [0.1, 0.15) is 0 Å². The van der Waals surface area contributed by atoms with Crippen LogP contribution >= 0.6 is 0 Å². The Balaban J connectivity index is 0.000000157. The zero-order valence-electron chi connectivity index (χ0n) is 6.15. The lowest BCUT2D eigenvalue weighted by molar-refractivity contribution is 0.167. The second-order valence-electron chi connectivity index (χ2n) is 1.91. The lowest BCUT2D eigenvalue weighted by Gasteiger charge is -1.86. The van der Waals surface area contributed by atoms with Crippen LogP contribution in [0.25, 0.3) is 0 Å². The molecule has 0 bridgehead atoms. The molecular formula is C6H8N2O4. The Kier molecular flexibility index (Phi) is 2.42. The lowest BCUT2D eigenvalue weighted by Crippen LogP contribution is -2.18. The first-order valence-corrected chi connectivity index (χ1v) is 3.07. The van der Waals surface area contributed by atoms with E-state index in [-0.39, 0.29) is 0 Å². The number of carbonyl (C=O) groups excluding carboxylic acids is 1. The maximum atomic E-state index is 9.00. The minimum absolute atomic E-state index is 0.320. The highest BCUT2D eigenvalue weighted by Crippen LogP contribution is 2.32. The molecule has 0 saturated heterocycles. The maximum absolute atomic E-state index is 9.00. The van der Waals surface area contributed by atoms with Gasteiger partial charge in [0.1, 0.15) is 12.5 Å². The smallest absolute Gasteiger partial charge is 0.309 e. The fourth-order valence-electron chi connectivity index (χ4n) is 0.641. The highest BCUT2D eigenvalue weighted by molar-refractivity contribution is 5.69. The molecule has 0 atom stereocenters. The van der Waals surface area contributed by atoms with Crippen molar-refractivity contribution in [1.29, 1.82) is 0 Å². The van der Waals surface area contributed by atoms with Gasteiger partial charge in [0.15, 0.2) is 0 Å². The number of primary amides is 2. The van der Waals surface area contributed by atoms with Gasteiger partial charge in [-0.1, -0.05) is 0 Å². The van der Waals surface area contributed by atoms with Gasteiger partial charge in [0.2, 0.25) is 18.3 Å². The molecule has 0 saturated carbocycles. The molecule has 2 amide bonds. The number of furan rings is 1. The summed E-state index contributed by atoms with van der Waals surface area (Å²) in [4.78, 5) is 9.00. The second kappa shape index (κ2) is 3.51. The molecule has 0 fully saturated rings. The molecule has 0 aromatic carbocycles. The van der Waals surface area contributed by atoms with E-state index in [1.54, 1.807) is 0 Å². The standard InChI is InChI=1S/C5H4O3.CH4N2O/c1-4-5(2-6-1)8-3-7-4;2-1(3)4/h1-2H,3H2;(H4,2,3,4). The summed E-state index contributed by atoms with van der Waals surface area (Å²) in [7, 11) is 0. The Labute approximate surface area is 68.0 Å². The minimum atomic E-state index is -0.833. The molecule has 4 N–H and O–H groups in total. The van der Waals surface area contributed by atoms with E-state index in [1.165, 1.54) is 12.5 Å². The zero-order valence-corrected chi connectivity index (χ0v) is 6.15. The molecule has 66 valence electrons. The molecule has 0 unspecified atom stereocenters. The molecule has 1 aromatic rings. The van der Waals surface area contributed by atoms with Crippen molar-refractivity contribution >= 4 is 6.03 Å². The third-order valence-electron chi connectivity index (χ3n) is 1.02. The van der Waals surface area contributed by atoms with Gasteiger partial charge >= 0.3 is 6.03 Å². The van der Waals surface area contributed by atoms with E-state index in [9.17, 15) is 0 Å². The van der Waals surface area contributed by atoms with Crippen LogP contribution in [0.3, 0.4) is 0 Å². The summed E-state index contributed by atoms with van der Waals surface area (Å²) in [6.07, 6.45) is 3.03. The predicted molar refractivity (Wildman–Crippen MR) is 38.6 cm³/mol. The molecule has 0 aliphatic carbocycles. The monoisotopic (exact) mass is 172 g/mol. The molecule has 6 heteroatoms. The first-order valence-electron chi connectivity index (χ1n) is 3.07. The van der Waals surface area contributed by atoms with Crippen molar-refractivity contribution in [3.05, 3.63) is 12.5 Å². The third kappa shape index (κ3) is 2.08. The van der Waals surface area contributed by atoms with E-state index < -0.39 is 6.03 Å². The van der Waals surface area contributed by atoms with Crippen LogP contribution in [-0.4, -0.2) is 12.8 Å². The Morgan fingerprint density at radius 1 is 1.25 bits per heavy atom. The van der Waals surface area contributed by atoms with E-state index in [2.05, 4.69) is 11.5 Å². The van der Waals surface area contributed by atoms with Gasteiger partial charge in [0, 0.05) is 0 Å². The van der Waals surface area contributed by atoms with Gasteiger partial charge in [0.05, 0.1) is 0 Å². The Bertz CT molecular complexity index is 248. The average Bonchev–Trinajstić information content (AvgIpc) is 2.40. The zero-order chi connectivity index (χ0) is 8.97. The summed E-state index contributed by atoms with van der Waals surface area (Å²) < 4.78 is 14.6. The highest BCUT2D eigenvalue weighted by atomic mass is 16.7. The molecule has 1 aliphatic rings. The number of fused-ring (bicyclic) bond motifs is 1. The molecule has 1 aromatic heterocycles. The first kappa shape index (κ1) is 8.25. The van der Waals surface area contributed by atoms with E-state index in [0.717, 1.165) is 0 Å². The summed E-state index contributed by atoms with van der Waals surface area (Å²) in [6.45, 7) is 0.320. The van der Waals surface area contributed by atoms with Crippen molar-refractivity contribution < 1.29 is 18.7 Å². The quantitative estimate of drug-likeness (QED) is 0.576. The van der Waals surface area contributed by atoms with Crippen molar-refractivity contribution in [2.45, 2.75) is 0 Å². The largest absolute Gasteiger partial charge is 0.465 e. The van der Waals surface area contributed by atoms with Crippen LogP contribution in [0.4, 0.5) is 4.79 Å². The first-order chi connectivity index (χ1) is 5.70. The number of amides is 2. The summed E-state index contributed by atoms with van der Waals surface area (Å²) in [5.41, 5.74) is 8.50. The van der Waals surface area contributed by atoms with Crippen LogP contribution in [0, 0.1) is 0 Å². The van der Waals surface area contributed by atoms with Gasteiger partial charge in [0.25, 0.3) is 0 Å². The predicted octanol–water partition coefficient (Wildman–Crippen LogP) is 0.0321. The summed E-state index contributed by atoms with van der Waals surface area (Å²) >= 11 is 0. The lowest BCUT2D eigenvalue weighted by atomic mass is 10.6. The minimum Gasteiger partial charge on any atom is -0.465 e. The van der Waals surface area contributed by atoms with Gasteiger partial charge in [-0.05, 0) is 0 Å². The second-order valence-corrected chi connectivity index (χ2v) is 1.91. The Morgan fingerprint density at radius 3 is 2.08 bits per heavy atom. The summed E-state index contributed by atoms with van der Waals surface area (Å²) in [5.74, 6) is 1.40. The van der Waals surface area contributed by atoms with Crippen LogP contribution in [-0.2, 0) is 0 Å². The summed E-state index contributed by atoms with van der Waals surface area (Å²) in [5, 5.41) is 0. The molecule has 1 aliphatic heterocycles. The van der Waals surface area contributed by atoms with Gasteiger partial charge in [-0.25, -0.2) is 4.79 Å². The van der Waals surface area contributed by atoms with Gasteiger partial charge in [-0.15, -0.1) is 0 Å². The van der Waals surface area contributed by atoms with Crippen molar-refractivity contribution in [2.75, 3.05) is 6.79 Å². The fraction of sp³-hybridized carbons (Fsp3) is 0.167. The third-order valence-corrected chi connectivity index (χ3v) is 1.02. The topological polar surface area (TPSA) is 101 Å². The number of hydrogen-bond donors (Lipinski definition) is 2. The van der Waals surface area contributed by atoms with E-state index >= 15 is 0 Å². The van der Waals surface area contributed by atoms with Crippen molar-refractivity contribution in [3.8, 4) is 11.5 Å². The number of ether oxygens (including phenoxy) is 2. The Morgan fingerprint density at radius 2 is 1.67 bits per heavy atom. The number of nitrogens with two attached hydrogens (primary N) is 2. The molecule has 12 heavy (non-hydrogen) atoms. The van der Waals surface area contributed by atoms with Gasteiger partial charge in [-0.3, -0.25) is 0 Å². The maximum Gasteiger partial charge on any atom is 0.309 e. The number of rotatable bonds is 0. The number of urea groups is 1. The molecule has 0 spiro atoms. The molecule has 6 nitrogen and oxygen atoms in total. The average molecular weight is 172 g/mol. The highest BCUT2D eigenvalue weighted by Gasteiger charge is 2.13.